The molecule has 1 heterocycles. The number of aliphatic hydroxyl groups is 1. The van der Waals surface area contributed by atoms with Crippen molar-refractivity contribution in [1.29, 1.82) is 0 Å². The van der Waals surface area contributed by atoms with Gasteiger partial charge in [-0.15, -0.1) is 0 Å². The van der Waals surface area contributed by atoms with E-state index in [1.165, 1.54) is 5.56 Å². The third-order valence-corrected chi connectivity index (χ3v) is 3.55. The molecular weight excluding hydrogens is 294 g/mol. The highest BCUT2D eigenvalue weighted by Gasteiger charge is 2.11. The molecule has 0 spiro atoms. The fourth-order valence-electron chi connectivity index (χ4n) is 2.18. The number of oxazole rings is 1. The molecule has 2 N–H and O–H groups in total. The van der Waals surface area contributed by atoms with E-state index < -0.39 is 0 Å². The zero-order chi connectivity index (χ0) is 16.7. The Morgan fingerprint density at radius 3 is 2.74 bits per heavy atom. The van der Waals surface area contributed by atoms with E-state index in [1.807, 2.05) is 38.1 Å². The van der Waals surface area contributed by atoms with Crippen molar-refractivity contribution in [1.82, 2.24) is 15.2 Å². The van der Waals surface area contributed by atoms with E-state index in [-0.39, 0.29) is 12.6 Å². The van der Waals surface area contributed by atoms with Gasteiger partial charge in [0.2, 0.25) is 5.89 Å². The number of likely N-dealkylation sites (N-methyl/N-ethyl adjacent to an activating group) is 1. The molecule has 2 rings (SSSR count). The molecule has 0 radical (unpaired) electrons. The van der Waals surface area contributed by atoms with Crippen molar-refractivity contribution in [3.8, 4) is 11.5 Å². The molecule has 1 aromatic carbocycles. The zero-order valence-corrected chi connectivity index (χ0v) is 13.6. The Morgan fingerprint density at radius 2 is 2.09 bits per heavy atom. The van der Waals surface area contributed by atoms with E-state index >= 15 is 0 Å². The quantitative estimate of drug-likeness (QED) is 0.821. The number of rotatable bonds is 7. The highest BCUT2D eigenvalue weighted by Crippen LogP contribution is 2.19. The average molecular weight is 317 g/mol. The molecule has 6 nitrogen and oxygen atoms in total. The number of aromatic nitrogens is 1. The summed E-state index contributed by atoms with van der Waals surface area (Å²) in [5.41, 5.74) is 2.92. The van der Waals surface area contributed by atoms with Crippen molar-refractivity contribution in [2.24, 2.45) is 0 Å². The number of hydrogen-bond acceptors (Lipinski definition) is 4. The number of aliphatic hydroxyl groups excluding tert-OH is 1. The molecule has 23 heavy (non-hydrogen) atoms. The van der Waals surface area contributed by atoms with Gasteiger partial charge in [0.25, 0.3) is 0 Å². The fourth-order valence-corrected chi connectivity index (χ4v) is 2.18. The maximum atomic E-state index is 11.9. The molecule has 0 bridgehead atoms. The summed E-state index contributed by atoms with van der Waals surface area (Å²) in [7, 11) is 0. The van der Waals surface area contributed by atoms with Crippen LogP contribution in [-0.4, -0.2) is 47.3 Å². The van der Waals surface area contributed by atoms with Crippen LogP contribution in [0, 0.1) is 6.92 Å². The Morgan fingerprint density at radius 1 is 1.35 bits per heavy atom. The molecule has 0 fully saturated rings. The van der Waals surface area contributed by atoms with Gasteiger partial charge in [0.15, 0.2) is 0 Å². The zero-order valence-electron chi connectivity index (χ0n) is 13.6. The number of amides is 2. The van der Waals surface area contributed by atoms with Gasteiger partial charge >= 0.3 is 6.03 Å². The lowest BCUT2D eigenvalue weighted by Crippen LogP contribution is -2.42. The highest BCUT2D eigenvalue weighted by molar-refractivity contribution is 5.74. The van der Waals surface area contributed by atoms with Crippen LogP contribution in [0.25, 0.3) is 11.5 Å². The van der Waals surface area contributed by atoms with Crippen LogP contribution >= 0.6 is 0 Å². The third kappa shape index (κ3) is 4.82. The van der Waals surface area contributed by atoms with Crippen LogP contribution in [0.4, 0.5) is 4.79 Å². The first-order chi connectivity index (χ1) is 11.1. The molecule has 0 aliphatic carbocycles. The van der Waals surface area contributed by atoms with Gasteiger partial charge in [-0.25, -0.2) is 9.78 Å². The summed E-state index contributed by atoms with van der Waals surface area (Å²) in [5, 5.41) is 11.7. The van der Waals surface area contributed by atoms with Crippen molar-refractivity contribution < 1.29 is 14.3 Å². The number of urea groups is 1. The second-order valence-electron chi connectivity index (χ2n) is 5.30. The molecule has 0 aliphatic heterocycles. The molecule has 0 saturated heterocycles. The van der Waals surface area contributed by atoms with Crippen LogP contribution in [0.3, 0.4) is 0 Å². The van der Waals surface area contributed by atoms with E-state index in [2.05, 4.69) is 10.3 Å². The first kappa shape index (κ1) is 17.0. The van der Waals surface area contributed by atoms with E-state index in [0.717, 1.165) is 11.3 Å². The molecular formula is C17H23N3O3. The SMILES string of the molecule is CCN(CCO)C(=O)NCCc1coc(-c2ccc(C)cc2)n1. The van der Waals surface area contributed by atoms with E-state index in [0.29, 0.717) is 31.9 Å². The van der Waals surface area contributed by atoms with Gasteiger partial charge in [-0.2, -0.15) is 0 Å². The standard InChI is InChI=1S/C17H23N3O3/c1-3-20(10-11-21)17(22)18-9-8-15-12-23-16(19-15)14-6-4-13(2)5-7-14/h4-7,12,21H,3,8-11H2,1-2H3,(H,18,22). The van der Waals surface area contributed by atoms with Crippen LogP contribution in [0.2, 0.25) is 0 Å². The molecule has 0 unspecified atom stereocenters. The number of nitrogens with zero attached hydrogens (tertiary/aromatic N) is 2. The summed E-state index contributed by atoms with van der Waals surface area (Å²) < 4.78 is 5.49. The minimum absolute atomic E-state index is 0.0372. The molecule has 124 valence electrons. The van der Waals surface area contributed by atoms with Crippen LogP contribution in [0.5, 0.6) is 0 Å². The van der Waals surface area contributed by atoms with Crippen LogP contribution in [0.1, 0.15) is 18.2 Å². The number of carbonyl (C=O) groups excluding carboxylic acids is 1. The summed E-state index contributed by atoms with van der Waals surface area (Å²) >= 11 is 0. The van der Waals surface area contributed by atoms with Gasteiger partial charge in [0, 0.05) is 31.6 Å². The molecule has 0 atom stereocenters. The predicted molar refractivity (Wildman–Crippen MR) is 88.1 cm³/mol. The van der Waals surface area contributed by atoms with Crippen molar-refractivity contribution in [2.75, 3.05) is 26.2 Å². The first-order valence-corrected chi connectivity index (χ1v) is 7.79. The molecule has 1 aromatic heterocycles. The van der Waals surface area contributed by atoms with Gasteiger partial charge in [-0.1, -0.05) is 17.7 Å². The smallest absolute Gasteiger partial charge is 0.317 e. The summed E-state index contributed by atoms with van der Waals surface area (Å²) in [6.45, 7) is 5.24. The highest BCUT2D eigenvalue weighted by atomic mass is 16.3. The summed E-state index contributed by atoms with van der Waals surface area (Å²) in [6, 6.07) is 7.80. The predicted octanol–water partition coefficient (Wildman–Crippen LogP) is 2.22. The molecule has 0 saturated carbocycles. The number of nitrogens with one attached hydrogen (secondary N) is 1. The number of benzene rings is 1. The first-order valence-electron chi connectivity index (χ1n) is 7.79. The molecule has 6 heteroatoms. The Balaban J connectivity index is 1.85. The minimum Gasteiger partial charge on any atom is -0.444 e. The van der Waals surface area contributed by atoms with Gasteiger partial charge in [-0.3, -0.25) is 0 Å². The molecule has 2 amide bonds. The van der Waals surface area contributed by atoms with Gasteiger partial charge in [-0.05, 0) is 26.0 Å². The van der Waals surface area contributed by atoms with Gasteiger partial charge in [0.05, 0.1) is 12.3 Å². The maximum absolute atomic E-state index is 11.9. The largest absolute Gasteiger partial charge is 0.444 e. The third-order valence-electron chi connectivity index (χ3n) is 3.55. The molecule has 0 aliphatic rings. The number of aryl methyl sites for hydroxylation is 1. The minimum atomic E-state index is -0.177. The number of hydrogen-bond donors (Lipinski definition) is 2. The van der Waals surface area contributed by atoms with Gasteiger partial charge in [0.1, 0.15) is 6.26 Å². The van der Waals surface area contributed by atoms with Gasteiger partial charge < -0.3 is 19.7 Å². The van der Waals surface area contributed by atoms with Crippen molar-refractivity contribution in [2.45, 2.75) is 20.3 Å². The Labute approximate surface area is 136 Å². The van der Waals surface area contributed by atoms with E-state index in [4.69, 9.17) is 9.52 Å². The Kier molecular flexibility index (Phi) is 6.17. The lowest BCUT2D eigenvalue weighted by atomic mass is 10.1. The Bertz CT molecular complexity index is 622. The average Bonchev–Trinajstić information content (AvgIpc) is 3.02. The lowest BCUT2D eigenvalue weighted by molar-refractivity contribution is 0.180. The second-order valence-corrected chi connectivity index (χ2v) is 5.30. The van der Waals surface area contributed by atoms with E-state index in [9.17, 15) is 4.79 Å². The summed E-state index contributed by atoms with van der Waals surface area (Å²) in [5.74, 6) is 0.585. The lowest BCUT2D eigenvalue weighted by Gasteiger charge is -2.19. The molecule has 2 aromatic rings. The fraction of sp³-hybridized carbons (Fsp3) is 0.412. The van der Waals surface area contributed by atoms with Crippen LogP contribution < -0.4 is 5.32 Å². The van der Waals surface area contributed by atoms with Crippen LogP contribution in [0.15, 0.2) is 34.9 Å². The van der Waals surface area contributed by atoms with E-state index in [1.54, 1.807) is 11.2 Å². The Hall–Kier alpha value is -2.34. The van der Waals surface area contributed by atoms with Crippen molar-refractivity contribution in [3.63, 3.8) is 0 Å². The van der Waals surface area contributed by atoms with Crippen molar-refractivity contribution >= 4 is 6.03 Å². The summed E-state index contributed by atoms with van der Waals surface area (Å²) in [6.07, 6.45) is 2.21. The van der Waals surface area contributed by atoms with Crippen molar-refractivity contribution in [3.05, 3.63) is 41.8 Å². The van der Waals surface area contributed by atoms with Crippen LogP contribution in [-0.2, 0) is 6.42 Å². The number of carbonyl (C=O) groups is 1. The normalized spacial score (nSPS) is 10.6. The second kappa shape index (κ2) is 8.33. The maximum Gasteiger partial charge on any atom is 0.317 e. The summed E-state index contributed by atoms with van der Waals surface area (Å²) in [4.78, 5) is 17.9. The topological polar surface area (TPSA) is 78.6 Å². The monoisotopic (exact) mass is 317 g/mol.